The van der Waals surface area contributed by atoms with E-state index in [0.717, 1.165) is 24.3 Å². The molecular weight excluding hydrogens is 523 g/mol. The molecule has 38 heavy (non-hydrogen) atoms. The summed E-state index contributed by atoms with van der Waals surface area (Å²) in [6.45, 7) is 11.5. The Hall–Kier alpha value is -2.85. The number of aromatic nitrogens is 1. The van der Waals surface area contributed by atoms with Crippen LogP contribution in [0.3, 0.4) is 0 Å². The molecule has 1 aromatic heterocycles. The van der Waals surface area contributed by atoms with Gasteiger partial charge in [-0.3, -0.25) is 0 Å². The first-order valence-electron chi connectivity index (χ1n) is 14.0. The Bertz CT molecular complexity index is 1780. The van der Waals surface area contributed by atoms with Crippen LogP contribution in [0.2, 0.25) is 17.3 Å². The van der Waals surface area contributed by atoms with E-state index in [2.05, 4.69) is 118 Å². The molecule has 0 N–H and O–H groups in total. The molecule has 6 rings (SSSR count). The summed E-state index contributed by atoms with van der Waals surface area (Å²) in [4.78, 5) is 0. The van der Waals surface area contributed by atoms with Crippen molar-refractivity contribution in [3.05, 3.63) is 71.4 Å². The number of fused-ring (bicyclic) bond motifs is 5. The number of ether oxygens (including phenoxy) is 1. The van der Waals surface area contributed by atoms with Crippen LogP contribution in [0.5, 0.6) is 11.5 Å². The van der Waals surface area contributed by atoms with Crippen LogP contribution < -0.4 is 13.7 Å². The summed E-state index contributed by atoms with van der Waals surface area (Å²) in [5, 5.41) is 7.94. The van der Waals surface area contributed by atoms with E-state index in [-0.39, 0.29) is 5.41 Å². The number of pyridine rings is 1. The third-order valence-electron chi connectivity index (χ3n) is 8.30. The molecule has 0 saturated carbocycles. The van der Waals surface area contributed by atoms with Crippen molar-refractivity contribution in [1.82, 2.24) is 0 Å². The van der Waals surface area contributed by atoms with Gasteiger partial charge >= 0.3 is 224 Å². The van der Waals surface area contributed by atoms with Crippen molar-refractivity contribution >= 4 is 50.0 Å². The van der Waals surface area contributed by atoms with E-state index in [1.807, 2.05) is 0 Å². The van der Waals surface area contributed by atoms with Crippen molar-refractivity contribution in [2.24, 2.45) is 12.5 Å². The van der Waals surface area contributed by atoms with Gasteiger partial charge in [-0.15, -0.1) is 0 Å². The minimum absolute atomic E-state index is 0.133. The van der Waals surface area contributed by atoms with Gasteiger partial charge in [0.2, 0.25) is 0 Å². The van der Waals surface area contributed by atoms with Crippen molar-refractivity contribution in [1.29, 1.82) is 0 Å². The molecule has 1 aliphatic rings. The fraction of sp³-hybridized carbons (Fsp3) is 0.343. The third-order valence-corrected chi connectivity index (χ3v) is 12.6. The fourth-order valence-electron chi connectivity index (χ4n) is 6.49. The second kappa shape index (κ2) is 8.58. The Balaban J connectivity index is 1.80. The van der Waals surface area contributed by atoms with Crippen molar-refractivity contribution in [2.45, 2.75) is 64.7 Å². The van der Waals surface area contributed by atoms with Crippen molar-refractivity contribution in [2.75, 3.05) is 0 Å². The van der Waals surface area contributed by atoms with Gasteiger partial charge in [0.15, 0.2) is 0 Å². The van der Waals surface area contributed by atoms with Crippen molar-refractivity contribution in [3.8, 4) is 22.8 Å². The average Bonchev–Trinajstić information content (AvgIpc) is 2.85. The van der Waals surface area contributed by atoms with E-state index in [1.54, 1.807) is 4.40 Å². The summed E-state index contributed by atoms with van der Waals surface area (Å²) in [5.74, 6) is 9.51. The van der Waals surface area contributed by atoms with Crippen LogP contribution in [0.4, 0.5) is 0 Å². The SMILES string of the molecule is CCc1ccc2c(CC(C)(C)C)c3c(c(C)c2c1)-c1c2c(cc4[c]([Ge]([CH3])([CH3])[CH3])cccc4c2cc[n+]1C)O3. The molecule has 2 nitrogen and oxygen atoms in total. The molecule has 0 radical (unpaired) electrons. The number of nitrogens with zero attached hydrogens (tertiary/aromatic N) is 1. The molecule has 1 aliphatic heterocycles. The molecular formula is C35H40GeNO+. The predicted molar refractivity (Wildman–Crippen MR) is 166 cm³/mol. The fourth-order valence-corrected chi connectivity index (χ4v) is 9.87. The van der Waals surface area contributed by atoms with Crippen LogP contribution in [0.1, 0.15) is 44.4 Å². The topological polar surface area (TPSA) is 13.1 Å². The zero-order valence-corrected chi connectivity index (χ0v) is 26.6. The molecule has 0 saturated heterocycles. The Kier molecular flexibility index (Phi) is 5.74. The first-order chi connectivity index (χ1) is 17.9. The number of rotatable bonds is 3. The average molecular weight is 563 g/mol. The summed E-state index contributed by atoms with van der Waals surface area (Å²) in [7, 11) is 2.19. The van der Waals surface area contributed by atoms with Gasteiger partial charge in [0.1, 0.15) is 0 Å². The maximum absolute atomic E-state index is 7.11. The molecule has 2 heterocycles. The maximum atomic E-state index is 7.11. The van der Waals surface area contributed by atoms with Crippen LogP contribution in [0, 0.1) is 12.3 Å². The number of hydrogen-bond acceptors (Lipinski definition) is 1. The van der Waals surface area contributed by atoms with E-state index < -0.39 is 13.3 Å². The van der Waals surface area contributed by atoms with E-state index in [1.165, 1.54) is 60.3 Å². The van der Waals surface area contributed by atoms with Crippen LogP contribution >= 0.6 is 0 Å². The van der Waals surface area contributed by atoms with Gasteiger partial charge in [-0.1, -0.05) is 6.92 Å². The molecule has 194 valence electrons. The Labute approximate surface area is 230 Å². The van der Waals surface area contributed by atoms with E-state index in [9.17, 15) is 0 Å². The molecule has 5 aromatic rings. The van der Waals surface area contributed by atoms with Crippen LogP contribution in [-0.4, -0.2) is 13.3 Å². The van der Waals surface area contributed by atoms with Gasteiger partial charge in [-0.05, 0) is 0 Å². The van der Waals surface area contributed by atoms with Gasteiger partial charge in [-0.2, -0.15) is 0 Å². The van der Waals surface area contributed by atoms with Gasteiger partial charge in [0.05, 0.1) is 0 Å². The van der Waals surface area contributed by atoms with Gasteiger partial charge in [0.25, 0.3) is 0 Å². The summed E-state index contributed by atoms with van der Waals surface area (Å²) in [6, 6.07) is 18.6. The number of aryl methyl sites for hydroxylation is 3. The second-order valence-electron chi connectivity index (χ2n) is 13.5. The molecule has 0 unspecified atom stereocenters. The summed E-state index contributed by atoms with van der Waals surface area (Å²) in [6.07, 6.45) is 4.25. The van der Waals surface area contributed by atoms with E-state index in [4.69, 9.17) is 4.74 Å². The molecule has 0 fully saturated rings. The quantitative estimate of drug-likeness (QED) is 0.119. The molecule has 0 spiro atoms. The minimum atomic E-state index is -2.11. The van der Waals surface area contributed by atoms with E-state index >= 15 is 0 Å². The van der Waals surface area contributed by atoms with Gasteiger partial charge < -0.3 is 0 Å². The molecule has 0 aliphatic carbocycles. The first-order valence-corrected chi connectivity index (χ1v) is 21.4. The van der Waals surface area contributed by atoms with Crippen LogP contribution in [0.25, 0.3) is 43.6 Å². The molecule has 0 amide bonds. The monoisotopic (exact) mass is 564 g/mol. The summed E-state index contributed by atoms with van der Waals surface area (Å²) >= 11 is -2.11. The second-order valence-corrected chi connectivity index (χ2v) is 24.0. The molecule has 0 bridgehead atoms. The summed E-state index contributed by atoms with van der Waals surface area (Å²) in [5.41, 5.74) is 6.70. The Morgan fingerprint density at radius 3 is 2.32 bits per heavy atom. The first kappa shape index (κ1) is 25.4. The van der Waals surface area contributed by atoms with E-state index in [0.29, 0.717) is 0 Å². The third kappa shape index (κ3) is 3.87. The Morgan fingerprint density at radius 2 is 1.63 bits per heavy atom. The van der Waals surface area contributed by atoms with Crippen molar-refractivity contribution in [3.63, 3.8) is 0 Å². The van der Waals surface area contributed by atoms with Crippen molar-refractivity contribution < 1.29 is 9.30 Å². The Morgan fingerprint density at radius 1 is 0.868 bits per heavy atom. The molecule has 0 atom stereocenters. The molecule has 4 aromatic carbocycles. The summed E-state index contributed by atoms with van der Waals surface area (Å²) < 4.78 is 11.0. The number of hydrogen-bond donors (Lipinski definition) is 0. The van der Waals surface area contributed by atoms with Gasteiger partial charge in [-0.25, -0.2) is 0 Å². The number of benzene rings is 4. The predicted octanol–water partition coefficient (Wildman–Crippen LogP) is 8.75. The molecule has 3 heteroatoms. The van der Waals surface area contributed by atoms with Crippen LogP contribution in [-0.2, 0) is 19.9 Å². The normalized spacial score (nSPS) is 13.3. The van der Waals surface area contributed by atoms with Gasteiger partial charge in [0, 0.05) is 0 Å². The zero-order chi connectivity index (χ0) is 27.1. The zero-order valence-electron chi connectivity index (χ0n) is 24.5. The standard InChI is InChI=1S/C35H40GeNO/c1-10-22-14-15-24-26(18-22)21(2)31-33-32-25(16-17-37(33)9)23-12-11-13-29(36(6,7)8)27(23)19-30(32)38-34(31)28(24)20-35(3,4)5/h11-19H,10,20H2,1-9H3/q+1. The van der Waals surface area contributed by atoms with Crippen LogP contribution in [0.15, 0.2) is 54.7 Å².